The lowest BCUT2D eigenvalue weighted by molar-refractivity contribution is -0.147. The Labute approximate surface area is 166 Å². The third kappa shape index (κ3) is 6.66. The van der Waals surface area contributed by atoms with E-state index in [1.54, 1.807) is 24.3 Å². The van der Waals surface area contributed by atoms with Crippen LogP contribution < -0.4 is 10.1 Å². The van der Waals surface area contributed by atoms with Gasteiger partial charge >= 0.3 is 5.97 Å². The van der Waals surface area contributed by atoms with Crippen LogP contribution in [0, 0.1) is 5.82 Å². The Morgan fingerprint density at radius 1 is 1.07 bits per heavy atom. The maximum Gasteiger partial charge on any atom is 0.306 e. The van der Waals surface area contributed by atoms with Gasteiger partial charge in [0, 0.05) is 17.7 Å². The molecule has 2 rings (SSSR count). The molecule has 148 valence electrons. The molecule has 0 heterocycles. The highest BCUT2D eigenvalue weighted by Crippen LogP contribution is 2.19. The Morgan fingerprint density at radius 3 is 2.43 bits per heavy atom. The summed E-state index contributed by atoms with van der Waals surface area (Å²) in [7, 11) is 0. The van der Waals surface area contributed by atoms with E-state index in [4.69, 9.17) is 21.1 Å². The number of anilines is 1. The molecule has 0 aromatic heterocycles. The number of carbonyl (C=O) groups excluding carboxylic acids is 3. The summed E-state index contributed by atoms with van der Waals surface area (Å²) in [4.78, 5) is 35.6. The summed E-state index contributed by atoms with van der Waals surface area (Å²) in [5, 5.41) is 2.29. The van der Waals surface area contributed by atoms with E-state index >= 15 is 0 Å². The smallest absolute Gasteiger partial charge is 0.306 e. The van der Waals surface area contributed by atoms with E-state index in [1.807, 2.05) is 6.92 Å². The molecule has 0 aliphatic heterocycles. The number of carbonyl (C=O) groups is 3. The molecule has 0 aliphatic carbocycles. The maximum atomic E-state index is 13.1. The fraction of sp³-hybridized carbons (Fsp3) is 0.250. The number of amides is 1. The number of rotatable bonds is 9. The summed E-state index contributed by atoms with van der Waals surface area (Å²) < 4.78 is 23.2. The summed E-state index contributed by atoms with van der Waals surface area (Å²) in [6.45, 7) is 1.87. The standard InChI is InChI=1S/C20H19ClFNO5/c1-2-27-15-6-3-13(4-7-15)18(24)9-10-20(26)28-12-19(25)23-14-5-8-17(22)16(21)11-14/h3-8,11H,2,9-10,12H2,1H3,(H,23,25). The Kier molecular flexibility index (Phi) is 7.95. The van der Waals surface area contributed by atoms with Crippen LogP contribution in [0.25, 0.3) is 0 Å². The Morgan fingerprint density at radius 2 is 1.79 bits per heavy atom. The average molecular weight is 408 g/mol. The monoisotopic (exact) mass is 407 g/mol. The number of ether oxygens (including phenoxy) is 2. The predicted octanol–water partition coefficient (Wildman–Crippen LogP) is 4.02. The number of halogens is 2. The SMILES string of the molecule is CCOc1ccc(C(=O)CCC(=O)OCC(=O)Nc2ccc(F)c(Cl)c2)cc1. The Balaban J connectivity index is 1.73. The molecule has 2 aromatic carbocycles. The fourth-order valence-electron chi connectivity index (χ4n) is 2.25. The van der Waals surface area contributed by atoms with Crippen LogP contribution in [0.2, 0.25) is 5.02 Å². The van der Waals surface area contributed by atoms with Crippen LogP contribution in [-0.4, -0.2) is 30.9 Å². The first-order chi connectivity index (χ1) is 13.4. The van der Waals surface area contributed by atoms with Crippen LogP contribution in [-0.2, 0) is 14.3 Å². The number of nitrogens with one attached hydrogen (secondary N) is 1. The molecule has 1 amide bonds. The van der Waals surface area contributed by atoms with Crippen LogP contribution in [0.3, 0.4) is 0 Å². The minimum absolute atomic E-state index is 0.0397. The molecule has 6 nitrogen and oxygen atoms in total. The van der Waals surface area contributed by atoms with Gasteiger partial charge in [0.15, 0.2) is 12.4 Å². The lowest BCUT2D eigenvalue weighted by atomic mass is 10.1. The zero-order valence-electron chi connectivity index (χ0n) is 15.2. The van der Waals surface area contributed by atoms with Crippen molar-refractivity contribution in [2.24, 2.45) is 0 Å². The molecule has 0 saturated heterocycles. The molecule has 0 bridgehead atoms. The maximum absolute atomic E-state index is 13.1. The minimum atomic E-state index is -0.674. The lowest BCUT2D eigenvalue weighted by Gasteiger charge is -2.07. The highest BCUT2D eigenvalue weighted by Gasteiger charge is 2.13. The second-order valence-corrected chi connectivity index (χ2v) is 6.13. The molecule has 0 fully saturated rings. The van der Waals surface area contributed by atoms with E-state index < -0.39 is 24.3 Å². The molecule has 0 saturated carbocycles. The van der Waals surface area contributed by atoms with Crippen LogP contribution in [0.5, 0.6) is 5.75 Å². The largest absolute Gasteiger partial charge is 0.494 e. The van der Waals surface area contributed by atoms with Crippen molar-refractivity contribution in [3.05, 3.63) is 58.9 Å². The van der Waals surface area contributed by atoms with Gasteiger partial charge in [0.1, 0.15) is 11.6 Å². The van der Waals surface area contributed by atoms with Gasteiger partial charge in [-0.05, 0) is 49.4 Å². The van der Waals surface area contributed by atoms with Crippen molar-refractivity contribution in [3.63, 3.8) is 0 Å². The molecule has 28 heavy (non-hydrogen) atoms. The molecule has 0 unspecified atom stereocenters. The van der Waals surface area contributed by atoms with Crippen molar-refractivity contribution in [2.45, 2.75) is 19.8 Å². The highest BCUT2D eigenvalue weighted by atomic mass is 35.5. The predicted molar refractivity (Wildman–Crippen MR) is 102 cm³/mol. The van der Waals surface area contributed by atoms with Crippen molar-refractivity contribution < 1.29 is 28.2 Å². The van der Waals surface area contributed by atoms with Crippen LogP contribution >= 0.6 is 11.6 Å². The molecule has 0 spiro atoms. The summed E-state index contributed by atoms with van der Waals surface area (Å²) >= 11 is 5.62. The molecular formula is C20H19ClFNO5. The Hall–Kier alpha value is -2.93. The van der Waals surface area contributed by atoms with Crippen molar-refractivity contribution >= 4 is 34.9 Å². The number of benzene rings is 2. The van der Waals surface area contributed by atoms with E-state index in [2.05, 4.69) is 5.32 Å². The van der Waals surface area contributed by atoms with E-state index in [9.17, 15) is 18.8 Å². The normalized spacial score (nSPS) is 10.2. The first-order valence-corrected chi connectivity index (χ1v) is 8.93. The van der Waals surface area contributed by atoms with E-state index in [0.29, 0.717) is 17.9 Å². The second-order valence-electron chi connectivity index (χ2n) is 5.72. The van der Waals surface area contributed by atoms with Gasteiger partial charge in [-0.15, -0.1) is 0 Å². The van der Waals surface area contributed by atoms with E-state index in [-0.39, 0.29) is 29.3 Å². The molecule has 8 heteroatoms. The molecule has 0 atom stereocenters. The number of ketones is 1. The van der Waals surface area contributed by atoms with Gasteiger partial charge in [-0.1, -0.05) is 11.6 Å². The molecule has 1 N–H and O–H groups in total. The fourth-order valence-corrected chi connectivity index (χ4v) is 2.43. The first-order valence-electron chi connectivity index (χ1n) is 8.55. The van der Waals surface area contributed by atoms with Crippen LogP contribution in [0.15, 0.2) is 42.5 Å². The van der Waals surface area contributed by atoms with Gasteiger partial charge in [-0.2, -0.15) is 0 Å². The summed E-state index contributed by atoms with van der Waals surface area (Å²) in [6.07, 6.45) is -0.191. The van der Waals surface area contributed by atoms with Crippen molar-refractivity contribution in [1.82, 2.24) is 0 Å². The summed E-state index contributed by atoms with van der Waals surface area (Å²) in [5.74, 6) is -1.44. The van der Waals surface area contributed by atoms with Gasteiger partial charge in [0.2, 0.25) is 0 Å². The first kappa shape index (κ1) is 21.4. The summed E-state index contributed by atoms with van der Waals surface area (Å²) in [6, 6.07) is 10.3. The zero-order chi connectivity index (χ0) is 20.5. The van der Waals surface area contributed by atoms with Gasteiger partial charge < -0.3 is 14.8 Å². The lowest BCUT2D eigenvalue weighted by Crippen LogP contribution is -2.21. The number of hydrogen-bond donors (Lipinski definition) is 1. The minimum Gasteiger partial charge on any atom is -0.494 e. The Bertz CT molecular complexity index is 854. The van der Waals surface area contributed by atoms with E-state index in [0.717, 1.165) is 6.07 Å². The topological polar surface area (TPSA) is 81.7 Å². The van der Waals surface area contributed by atoms with Crippen molar-refractivity contribution in [3.8, 4) is 5.75 Å². The van der Waals surface area contributed by atoms with Gasteiger partial charge in [0.25, 0.3) is 5.91 Å². The van der Waals surface area contributed by atoms with Gasteiger partial charge in [-0.3, -0.25) is 14.4 Å². The number of hydrogen-bond acceptors (Lipinski definition) is 5. The van der Waals surface area contributed by atoms with Crippen LogP contribution in [0.1, 0.15) is 30.1 Å². The van der Waals surface area contributed by atoms with Gasteiger partial charge in [-0.25, -0.2) is 4.39 Å². The second kappa shape index (κ2) is 10.4. The van der Waals surface area contributed by atoms with Crippen molar-refractivity contribution in [1.29, 1.82) is 0 Å². The third-order valence-corrected chi connectivity index (χ3v) is 3.90. The third-order valence-electron chi connectivity index (χ3n) is 3.61. The summed E-state index contributed by atoms with van der Waals surface area (Å²) in [5.41, 5.74) is 0.736. The zero-order valence-corrected chi connectivity index (χ0v) is 15.9. The number of Topliss-reactive ketones (excluding diaryl/α,β-unsaturated/α-hetero) is 1. The van der Waals surface area contributed by atoms with E-state index in [1.165, 1.54) is 12.1 Å². The molecular weight excluding hydrogens is 389 g/mol. The van der Waals surface area contributed by atoms with Crippen molar-refractivity contribution in [2.75, 3.05) is 18.5 Å². The molecule has 0 aliphatic rings. The quantitative estimate of drug-likeness (QED) is 0.501. The number of esters is 1. The average Bonchev–Trinajstić information content (AvgIpc) is 2.68. The van der Waals surface area contributed by atoms with Crippen LogP contribution in [0.4, 0.5) is 10.1 Å². The van der Waals surface area contributed by atoms with Gasteiger partial charge in [0.05, 0.1) is 18.1 Å². The molecule has 2 aromatic rings. The highest BCUT2D eigenvalue weighted by molar-refractivity contribution is 6.31. The molecule has 0 radical (unpaired) electrons.